The van der Waals surface area contributed by atoms with Gasteiger partial charge in [0.25, 0.3) is 0 Å². The molecule has 2 rings (SSSR count). The van der Waals surface area contributed by atoms with E-state index in [-0.39, 0.29) is 5.92 Å². The van der Waals surface area contributed by atoms with Crippen molar-refractivity contribution in [2.24, 2.45) is 11.8 Å². The van der Waals surface area contributed by atoms with Gasteiger partial charge < -0.3 is 15.0 Å². The first-order chi connectivity index (χ1) is 9.15. The van der Waals surface area contributed by atoms with Crippen LogP contribution in [0.3, 0.4) is 0 Å². The number of nitrogens with one attached hydrogen (secondary N) is 1. The number of nitrogens with zero attached hydrogens (tertiary/aromatic N) is 1. The average Bonchev–Trinajstić information content (AvgIpc) is 2.90. The molecule has 106 valence electrons. The van der Waals surface area contributed by atoms with Crippen molar-refractivity contribution in [1.82, 2.24) is 9.88 Å². The van der Waals surface area contributed by atoms with E-state index in [4.69, 9.17) is 5.11 Å². The summed E-state index contributed by atoms with van der Waals surface area (Å²) in [5.74, 6) is -0.0386. The monoisotopic (exact) mass is 264 g/mol. The van der Waals surface area contributed by atoms with Crippen molar-refractivity contribution < 1.29 is 9.90 Å². The maximum atomic E-state index is 10.9. The van der Waals surface area contributed by atoms with Crippen LogP contribution in [-0.2, 0) is 11.2 Å². The molecule has 0 atom stereocenters. The lowest BCUT2D eigenvalue weighted by Gasteiger charge is -2.29. The number of aromatic nitrogens is 1. The van der Waals surface area contributed by atoms with Crippen LogP contribution >= 0.6 is 0 Å². The molecule has 0 spiro atoms. The molecule has 1 aliphatic rings. The molecule has 0 radical (unpaired) electrons. The summed E-state index contributed by atoms with van der Waals surface area (Å²) < 4.78 is 0. The van der Waals surface area contributed by atoms with Crippen LogP contribution in [0.5, 0.6) is 0 Å². The normalized spacial score (nSPS) is 23.7. The van der Waals surface area contributed by atoms with Gasteiger partial charge in [-0.3, -0.25) is 4.79 Å². The highest BCUT2D eigenvalue weighted by molar-refractivity contribution is 5.69. The third kappa shape index (κ3) is 4.39. The zero-order valence-electron chi connectivity index (χ0n) is 11.6. The standard InChI is InChI=1S/C15H24N2O2/c1-17(10-8-14-3-2-9-16-14)11-12-4-6-13(7-5-12)15(18)19/h2-3,9,12-13,16H,4-8,10-11H2,1H3,(H,18,19). The van der Waals surface area contributed by atoms with Gasteiger partial charge in [-0.25, -0.2) is 0 Å². The average molecular weight is 264 g/mol. The van der Waals surface area contributed by atoms with Crippen LogP contribution in [0.15, 0.2) is 18.3 Å². The number of carbonyl (C=O) groups is 1. The van der Waals surface area contributed by atoms with Gasteiger partial charge in [0.1, 0.15) is 0 Å². The topological polar surface area (TPSA) is 56.3 Å². The molecule has 0 bridgehead atoms. The summed E-state index contributed by atoms with van der Waals surface area (Å²) in [7, 11) is 2.16. The minimum atomic E-state index is -0.612. The predicted octanol–water partition coefficient (Wildman–Crippen LogP) is 2.38. The Bertz CT molecular complexity index is 381. The smallest absolute Gasteiger partial charge is 0.306 e. The summed E-state index contributed by atoms with van der Waals surface area (Å²) in [6.07, 6.45) is 6.83. The van der Waals surface area contributed by atoms with Gasteiger partial charge in [0.05, 0.1) is 5.92 Å². The lowest BCUT2D eigenvalue weighted by atomic mass is 9.82. The fraction of sp³-hybridized carbons (Fsp3) is 0.667. The number of likely N-dealkylation sites (N-methyl/N-ethyl adjacent to an activating group) is 1. The molecular weight excluding hydrogens is 240 g/mol. The van der Waals surface area contributed by atoms with E-state index in [9.17, 15) is 4.79 Å². The van der Waals surface area contributed by atoms with Crippen LogP contribution in [-0.4, -0.2) is 41.1 Å². The molecule has 0 saturated heterocycles. The maximum absolute atomic E-state index is 10.9. The Balaban J connectivity index is 1.66. The van der Waals surface area contributed by atoms with Gasteiger partial charge in [0.2, 0.25) is 0 Å². The second kappa shape index (κ2) is 6.75. The highest BCUT2D eigenvalue weighted by Crippen LogP contribution is 2.29. The Morgan fingerprint density at radius 1 is 1.42 bits per heavy atom. The molecule has 0 amide bonds. The maximum Gasteiger partial charge on any atom is 0.306 e. The molecule has 1 fully saturated rings. The van der Waals surface area contributed by atoms with Gasteiger partial charge in [0, 0.05) is 31.4 Å². The zero-order chi connectivity index (χ0) is 13.7. The van der Waals surface area contributed by atoms with Crippen molar-refractivity contribution in [2.45, 2.75) is 32.1 Å². The van der Waals surface area contributed by atoms with Gasteiger partial charge in [-0.1, -0.05) is 0 Å². The Labute approximate surface area is 114 Å². The third-order valence-corrected chi connectivity index (χ3v) is 4.19. The van der Waals surface area contributed by atoms with Crippen LogP contribution in [0.2, 0.25) is 0 Å². The van der Waals surface area contributed by atoms with Crippen molar-refractivity contribution in [2.75, 3.05) is 20.1 Å². The molecule has 1 aliphatic carbocycles. The van der Waals surface area contributed by atoms with Crippen molar-refractivity contribution in [3.63, 3.8) is 0 Å². The van der Waals surface area contributed by atoms with Crippen LogP contribution in [0.4, 0.5) is 0 Å². The van der Waals surface area contributed by atoms with E-state index in [0.29, 0.717) is 5.92 Å². The Hall–Kier alpha value is -1.29. The van der Waals surface area contributed by atoms with E-state index < -0.39 is 5.97 Å². The van der Waals surface area contributed by atoms with E-state index in [1.165, 1.54) is 5.69 Å². The number of hydrogen-bond donors (Lipinski definition) is 2. The molecule has 4 nitrogen and oxygen atoms in total. The molecule has 2 N–H and O–H groups in total. The quantitative estimate of drug-likeness (QED) is 0.829. The van der Waals surface area contributed by atoms with Gasteiger partial charge in [-0.15, -0.1) is 0 Å². The second-order valence-corrected chi connectivity index (χ2v) is 5.76. The Morgan fingerprint density at radius 2 is 2.16 bits per heavy atom. The lowest BCUT2D eigenvalue weighted by molar-refractivity contribution is -0.143. The fourth-order valence-electron chi connectivity index (χ4n) is 2.96. The van der Waals surface area contributed by atoms with E-state index in [2.05, 4.69) is 23.0 Å². The number of carboxylic acid groups (broad SMARTS) is 1. The van der Waals surface area contributed by atoms with Crippen LogP contribution in [0.1, 0.15) is 31.4 Å². The van der Waals surface area contributed by atoms with E-state index in [1.54, 1.807) is 0 Å². The summed E-state index contributed by atoms with van der Waals surface area (Å²) in [6, 6.07) is 4.15. The third-order valence-electron chi connectivity index (χ3n) is 4.19. The second-order valence-electron chi connectivity index (χ2n) is 5.76. The summed E-state index contributed by atoms with van der Waals surface area (Å²) in [5, 5.41) is 8.98. The number of aliphatic carboxylic acids is 1. The first kappa shape index (κ1) is 14.1. The largest absolute Gasteiger partial charge is 0.481 e. The number of carboxylic acids is 1. The van der Waals surface area contributed by atoms with E-state index in [0.717, 1.165) is 45.2 Å². The minimum absolute atomic E-state index is 0.0968. The SMILES string of the molecule is CN(CCc1ccc[nH]1)CC1CCC(C(=O)O)CC1. The summed E-state index contributed by atoms with van der Waals surface area (Å²) in [4.78, 5) is 16.5. The van der Waals surface area contributed by atoms with Crippen LogP contribution < -0.4 is 0 Å². The molecule has 1 heterocycles. The molecule has 1 aromatic heterocycles. The number of hydrogen-bond acceptors (Lipinski definition) is 2. The first-order valence-electron chi connectivity index (χ1n) is 7.18. The fourth-order valence-corrected chi connectivity index (χ4v) is 2.96. The molecule has 0 aliphatic heterocycles. The molecular formula is C15H24N2O2. The van der Waals surface area contributed by atoms with Gasteiger partial charge in [-0.05, 0) is 50.8 Å². The van der Waals surface area contributed by atoms with Crippen LogP contribution in [0.25, 0.3) is 0 Å². The van der Waals surface area contributed by atoms with Crippen molar-refractivity contribution >= 4 is 5.97 Å². The summed E-state index contributed by atoms with van der Waals surface area (Å²) >= 11 is 0. The minimum Gasteiger partial charge on any atom is -0.481 e. The summed E-state index contributed by atoms with van der Waals surface area (Å²) in [6.45, 7) is 2.15. The molecule has 1 saturated carbocycles. The number of H-pyrrole nitrogens is 1. The Morgan fingerprint density at radius 3 is 2.74 bits per heavy atom. The van der Waals surface area contributed by atoms with E-state index in [1.807, 2.05) is 12.3 Å². The van der Waals surface area contributed by atoms with Crippen molar-refractivity contribution in [3.8, 4) is 0 Å². The number of rotatable bonds is 6. The molecule has 19 heavy (non-hydrogen) atoms. The lowest BCUT2D eigenvalue weighted by Crippen LogP contribution is -2.31. The highest BCUT2D eigenvalue weighted by Gasteiger charge is 2.26. The van der Waals surface area contributed by atoms with Crippen molar-refractivity contribution in [1.29, 1.82) is 0 Å². The first-order valence-corrected chi connectivity index (χ1v) is 7.18. The van der Waals surface area contributed by atoms with Gasteiger partial charge in [-0.2, -0.15) is 0 Å². The van der Waals surface area contributed by atoms with Crippen LogP contribution in [0, 0.1) is 11.8 Å². The van der Waals surface area contributed by atoms with Gasteiger partial charge >= 0.3 is 5.97 Å². The number of aromatic amines is 1. The van der Waals surface area contributed by atoms with Gasteiger partial charge in [0.15, 0.2) is 0 Å². The molecule has 4 heteroatoms. The van der Waals surface area contributed by atoms with E-state index >= 15 is 0 Å². The molecule has 0 aromatic carbocycles. The molecule has 1 aromatic rings. The zero-order valence-corrected chi connectivity index (χ0v) is 11.6. The van der Waals surface area contributed by atoms with Crippen molar-refractivity contribution in [3.05, 3.63) is 24.0 Å². The highest BCUT2D eigenvalue weighted by atomic mass is 16.4. The Kier molecular flexibility index (Phi) is 5.02. The summed E-state index contributed by atoms with van der Waals surface area (Å²) in [5.41, 5.74) is 1.28. The predicted molar refractivity (Wildman–Crippen MR) is 75.1 cm³/mol. The molecule has 0 unspecified atom stereocenters.